The van der Waals surface area contributed by atoms with Crippen molar-refractivity contribution in [1.82, 2.24) is 10.2 Å². The molecule has 0 bridgehead atoms. The summed E-state index contributed by atoms with van der Waals surface area (Å²) in [5.41, 5.74) is 0.397. The maximum atomic E-state index is 11.1. The zero-order chi connectivity index (χ0) is 9.84. The van der Waals surface area contributed by atoms with Crippen LogP contribution >= 0.6 is 0 Å². The van der Waals surface area contributed by atoms with Gasteiger partial charge in [0.05, 0.1) is 0 Å². The summed E-state index contributed by atoms with van der Waals surface area (Å²) < 4.78 is 0. The van der Waals surface area contributed by atoms with Crippen LogP contribution in [0, 0.1) is 0 Å². The molecule has 1 atom stereocenters. The Morgan fingerprint density at radius 3 is 2.92 bits per heavy atom. The first-order valence-electron chi connectivity index (χ1n) is 3.66. The summed E-state index contributed by atoms with van der Waals surface area (Å²) in [6.07, 6.45) is 1.50. The van der Waals surface area contributed by atoms with E-state index in [1.54, 1.807) is 0 Å². The molecule has 1 fully saturated rings. The first-order valence-corrected chi connectivity index (χ1v) is 3.66. The smallest absolute Gasteiger partial charge is 0.250 e. The fourth-order valence-electron chi connectivity index (χ4n) is 1.03. The van der Waals surface area contributed by atoms with E-state index in [0.717, 1.165) is 0 Å². The van der Waals surface area contributed by atoms with E-state index >= 15 is 0 Å². The molecule has 0 spiro atoms. The van der Waals surface area contributed by atoms with Crippen LogP contribution in [-0.2, 0) is 14.5 Å². The summed E-state index contributed by atoms with van der Waals surface area (Å²) >= 11 is 0. The number of hydrogen-bond acceptors (Lipinski definition) is 4. The van der Waals surface area contributed by atoms with Crippen molar-refractivity contribution in [3.63, 3.8) is 0 Å². The van der Waals surface area contributed by atoms with Gasteiger partial charge in [0.2, 0.25) is 6.41 Å². The van der Waals surface area contributed by atoms with Crippen LogP contribution in [0.5, 0.6) is 0 Å². The van der Waals surface area contributed by atoms with Gasteiger partial charge in [-0.2, -0.15) is 0 Å². The molecule has 6 heteroatoms. The van der Waals surface area contributed by atoms with Crippen molar-refractivity contribution in [2.75, 3.05) is 7.05 Å². The van der Waals surface area contributed by atoms with E-state index in [1.807, 2.05) is 0 Å². The molecular weight excluding hydrogens is 176 g/mol. The topological polar surface area (TPSA) is 78.9 Å². The molecule has 1 heterocycles. The second-order valence-corrected chi connectivity index (χ2v) is 2.70. The molecule has 0 unspecified atom stereocenters. The van der Waals surface area contributed by atoms with E-state index < -0.39 is 6.23 Å². The maximum Gasteiger partial charge on any atom is 0.250 e. The van der Waals surface area contributed by atoms with Crippen LogP contribution in [0.2, 0.25) is 0 Å². The molecule has 13 heavy (non-hydrogen) atoms. The van der Waals surface area contributed by atoms with E-state index in [1.165, 1.54) is 18.1 Å². The zero-order valence-corrected chi connectivity index (χ0v) is 7.06. The number of amides is 2. The SMILES string of the molecule is CN(C=O)/C=C1\C[C@H](OO)NC1=O. The molecule has 1 aliphatic heterocycles. The zero-order valence-electron chi connectivity index (χ0n) is 7.06. The number of carbonyl (C=O) groups excluding carboxylic acids is 2. The lowest BCUT2D eigenvalue weighted by atomic mass is 10.2. The van der Waals surface area contributed by atoms with E-state index in [0.29, 0.717) is 12.0 Å². The molecule has 72 valence electrons. The summed E-state index contributed by atoms with van der Waals surface area (Å²) in [7, 11) is 1.51. The number of rotatable bonds is 3. The summed E-state index contributed by atoms with van der Waals surface area (Å²) in [6.45, 7) is 0. The normalized spacial score (nSPS) is 24.6. The van der Waals surface area contributed by atoms with E-state index in [4.69, 9.17) is 5.26 Å². The second-order valence-electron chi connectivity index (χ2n) is 2.70. The minimum atomic E-state index is -0.709. The average Bonchev–Trinajstić information content (AvgIpc) is 2.47. The van der Waals surface area contributed by atoms with Crippen molar-refractivity contribution in [2.24, 2.45) is 0 Å². The van der Waals surface area contributed by atoms with Crippen molar-refractivity contribution in [3.8, 4) is 0 Å². The standard InChI is InChI=1S/C7H10N2O4/c1-9(4-10)3-5-2-6(13-12)8-7(5)11/h3-4,6,12H,2H2,1H3,(H,8,11)/b5-3+/t6-/m0/s1. The third-order valence-corrected chi connectivity index (χ3v) is 1.64. The van der Waals surface area contributed by atoms with E-state index in [9.17, 15) is 9.59 Å². The van der Waals surface area contributed by atoms with Crippen LogP contribution in [-0.4, -0.2) is 35.7 Å². The lowest BCUT2D eigenvalue weighted by molar-refractivity contribution is -0.280. The van der Waals surface area contributed by atoms with E-state index in [-0.39, 0.29) is 12.3 Å². The lowest BCUT2D eigenvalue weighted by Crippen LogP contribution is -2.26. The van der Waals surface area contributed by atoms with Gasteiger partial charge in [0, 0.05) is 25.2 Å². The summed E-state index contributed by atoms with van der Waals surface area (Å²) in [6, 6.07) is 0. The van der Waals surface area contributed by atoms with Gasteiger partial charge < -0.3 is 10.2 Å². The van der Waals surface area contributed by atoms with Crippen molar-refractivity contribution in [1.29, 1.82) is 0 Å². The van der Waals surface area contributed by atoms with Crippen LogP contribution < -0.4 is 5.32 Å². The Morgan fingerprint density at radius 2 is 2.46 bits per heavy atom. The van der Waals surface area contributed by atoms with Gasteiger partial charge in [-0.3, -0.25) is 9.59 Å². The Kier molecular flexibility index (Phi) is 2.99. The molecule has 6 nitrogen and oxygen atoms in total. The Morgan fingerprint density at radius 1 is 1.77 bits per heavy atom. The average molecular weight is 186 g/mol. The van der Waals surface area contributed by atoms with Crippen LogP contribution in [0.1, 0.15) is 6.42 Å². The monoisotopic (exact) mass is 186 g/mol. The molecule has 2 N–H and O–H groups in total. The molecule has 0 aromatic carbocycles. The highest BCUT2D eigenvalue weighted by Gasteiger charge is 2.27. The van der Waals surface area contributed by atoms with Gasteiger partial charge in [-0.1, -0.05) is 0 Å². The Hall–Kier alpha value is -1.40. The van der Waals surface area contributed by atoms with Gasteiger partial charge >= 0.3 is 0 Å². The molecular formula is C7H10N2O4. The summed E-state index contributed by atoms with van der Waals surface area (Å²) in [4.78, 5) is 26.5. The molecule has 0 aliphatic carbocycles. The summed E-state index contributed by atoms with van der Waals surface area (Å²) in [5, 5.41) is 10.6. The van der Waals surface area contributed by atoms with Gasteiger partial charge in [0.25, 0.3) is 5.91 Å². The van der Waals surface area contributed by atoms with Crippen molar-refractivity contribution in [3.05, 3.63) is 11.8 Å². The van der Waals surface area contributed by atoms with Gasteiger partial charge in [-0.15, -0.1) is 0 Å². The quantitative estimate of drug-likeness (QED) is 0.264. The van der Waals surface area contributed by atoms with Gasteiger partial charge in [-0.25, -0.2) is 10.1 Å². The fraction of sp³-hybridized carbons (Fsp3) is 0.429. The molecule has 1 saturated heterocycles. The molecule has 1 rings (SSSR count). The van der Waals surface area contributed by atoms with Crippen LogP contribution in [0.15, 0.2) is 11.8 Å². The largest absolute Gasteiger partial charge is 0.324 e. The third-order valence-electron chi connectivity index (χ3n) is 1.64. The Bertz CT molecular complexity index is 251. The number of nitrogens with one attached hydrogen (secondary N) is 1. The highest BCUT2D eigenvalue weighted by Crippen LogP contribution is 2.14. The molecule has 0 aromatic rings. The van der Waals surface area contributed by atoms with Crippen molar-refractivity contribution in [2.45, 2.75) is 12.6 Å². The highest BCUT2D eigenvalue weighted by atomic mass is 17.1. The minimum absolute atomic E-state index is 0.244. The molecule has 0 radical (unpaired) electrons. The van der Waals surface area contributed by atoms with Crippen LogP contribution in [0.4, 0.5) is 0 Å². The van der Waals surface area contributed by atoms with Crippen molar-refractivity contribution >= 4 is 12.3 Å². The van der Waals surface area contributed by atoms with E-state index in [2.05, 4.69) is 10.2 Å². The minimum Gasteiger partial charge on any atom is -0.324 e. The van der Waals surface area contributed by atoms with Crippen LogP contribution in [0.25, 0.3) is 0 Å². The molecule has 2 amide bonds. The Labute approximate surface area is 74.7 Å². The third kappa shape index (κ3) is 2.27. The summed E-state index contributed by atoms with van der Waals surface area (Å²) in [5.74, 6) is -0.340. The number of carbonyl (C=O) groups is 2. The molecule has 0 aromatic heterocycles. The number of nitrogens with zero attached hydrogens (tertiary/aromatic N) is 1. The second kappa shape index (κ2) is 4.01. The first-order chi connectivity index (χ1) is 6.17. The van der Waals surface area contributed by atoms with Gasteiger partial charge in [0.1, 0.15) is 0 Å². The first kappa shape index (κ1) is 9.69. The number of hydrogen-bond donors (Lipinski definition) is 2. The molecule has 0 saturated carbocycles. The lowest BCUT2D eigenvalue weighted by Gasteiger charge is -2.03. The molecule has 1 aliphatic rings. The predicted molar refractivity (Wildman–Crippen MR) is 42.2 cm³/mol. The van der Waals surface area contributed by atoms with Crippen molar-refractivity contribution < 1.29 is 19.7 Å². The van der Waals surface area contributed by atoms with Crippen LogP contribution in [0.3, 0.4) is 0 Å². The fourth-order valence-corrected chi connectivity index (χ4v) is 1.03. The predicted octanol–water partition coefficient (Wildman–Crippen LogP) is -0.706. The van der Waals surface area contributed by atoms with Gasteiger partial charge in [-0.05, 0) is 0 Å². The Balaban J connectivity index is 2.66. The van der Waals surface area contributed by atoms with Gasteiger partial charge in [0.15, 0.2) is 6.23 Å². The maximum absolute atomic E-state index is 11.1. The highest BCUT2D eigenvalue weighted by molar-refractivity contribution is 5.95.